The van der Waals surface area contributed by atoms with E-state index in [-0.39, 0.29) is 6.10 Å². The average molecular weight is 200 g/mol. The minimum Gasteiger partial charge on any atom is -0.393 e. The van der Waals surface area contributed by atoms with Gasteiger partial charge in [-0.3, -0.25) is 0 Å². The van der Waals surface area contributed by atoms with Crippen molar-refractivity contribution in [2.75, 3.05) is 13.7 Å². The molecule has 0 aromatic heterocycles. The van der Waals surface area contributed by atoms with Gasteiger partial charge in [0.25, 0.3) is 0 Å². The maximum Gasteiger partial charge on any atom is 0.0571 e. The quantitative estimate of drug-likeness (QED) is 0.714. The summed E-state index contributed by atoms with van der Waals surface area (Å²) in [6.45, 7) is 3.02. The number of hydrogen-bond acceptors (Lipinski definition) is 2. The third-order valence-corrected chi connectivity index (χ3v) is 3.40. The SMILES string of the molecule is COCCC(C)CC(O)C1CCCC1. The molecule has 0 heterocycles. The van der Waals surface area contributed by atoms with E-state index in [0.29, 0.717) is 11.8 Å². The van der Waals surface area contributed by atoms with E-state index in [1.807, 2.05) is 0 Å². The van der Waals surface area contributed by atoms with Crippen LogP contribution in [0.25, 0.3) is 0 Å². The maximum absolute atomic E-state index is 9.98. The Bertz CT molecular complexity index is 141. The van der Waals surface area contributed by atoms with Gasteiger partial charge in [-0.25, -0.2) is 0 Å². The van der Waals surface area contributed by atoms with Gasteiger partial charge < -0.3 is 9.84 Å². The van der Waals surface area contributed by atoms with Gasteiger partial charge in [-0.2, -0.15) is 0 Å². The second kappa shape index (κ2) is 6.41. The lowest BCUT2D eigenvalue weighted by Gasteiger charge is -2.21. The van der Waals surface area contributed by atoms with Crippen molar-refractivity contribution < 1.29 is 9.84 Å². The molecule has 1 saturated carbocycles. The van der Waals surface area contributed by atoms with Crippen LogP contribution in [0.5, 0.6) is 0 Å². The molecule has 1 rings (SSSR count). The molecule has 2 nitrogen and oxygen atoms in total. The number of aliphatic hydroxyl groups is 1. The summed E-state index contributed by atoms with van der Waals surface area (Å²) in [7, 11) is 1.74. The Morgan fingerprint density at radius 2 is 2.00 bits per heavy atom. The monoisotopic (exact) mass is 200 g/mol. The molecule has 0 spiro atoms. The largest absolute Gasteiger partial charge is 0.393 e. The minimum atomic E-state index is -0.0654. The summed E-state index contributed by atoms with van der Waals surface area (Å²) in [5, 5.41) is 9.98. The Hall–Kier alpha value is -0.0800. The van der Waals surface area contributed by atoms with Crippen LogP contribution >= 0.6 is 0 Å². The van der Waals surface area contributed by atoms with Crippen molar-refractivity contribution in [3.8, 4) is 0 Å². The maximum atomic E-state index is 9.98. The molecule has 0 radical (unpaired) electrons. The van der Waals surface area contributed by atoms with Crippen LogP contribution in [-0.4, -0.2) is 24.9 Å². The van der Waals surface area contributed by atoms with Gasteiger partial charge in [-0.05, 0) is 37.5 Å². The topological polar surface area (TPSA) is 29.5 Å². The fraction of sp³-hybridized carbons (Fsp3) is 1.00. The summed E-state index contributed by atoms with van der Waals surface area (Å²) >= 11 is 0. The van der Waals surface area contributed by atoms with Gasteiger partial charge in [0.2, 0.25) is 0 Å². The van der Waals surface area contributed by atoms with Gasteiger partial charge in [-0.1, -0.05) is 19.8 Å². The van der Waals surface area contributed by atoms with Gasteiger partial charge in [0.1, 0.15) is 0 Å². The van der Waals surface area contributed by atoms with Crippen LogP contribution in [0, 0.1) is 11.8 Å². The lowest BCUT2D eigenvalue weighted by atomic mass is 9.91. The van der Waals surface area contributed by atoms with Gasteiger partial charge >= 0.3 is 0 Å². The first-order valence-electron chi connectivity index (χ1n) is 5.91. The van der Waals surface area contributed by atoms with Crippen LogP contribution in [0.3, 0.4) is 0 Å². The smallest absolute Gasteiger partial charge is 0.0571 e. The predicted molar refractivity (Wildman–Crippen MR) is 58.2 cm³/mol. The van der Waals surface area contributed by atoms with Crippen molar-refractivity contribution in [2.45, 2.75) is 51.6 Å². The number of hydrogen-bond donors (Lipinski definition) is 1. The van der Waals surface area contributed by atoms with E-state index in [9.17, 15) is 5.11 Å². The summed E-state index contributed by atoms with van der Waals surface area (Å²) in [4.78, 5) is 0. The van der Waals surface area contributed by atoms with Gasteiger partial charge in [-0.15, -0.1) is 0 Å². The van der Waals surface area contributed by atoms with Crippen LogP contribution in [0.2, 0.25) is 0 Å². The Morgan fingerprint density at radius 3 is 2.57 bits per heavy atom. The zero-order valence-electron chi connectivity index (χ0n) is 9.54. The molecule has 1 aliphatic carbocycles. The number of ether oxygens (including phenoxy) is 1. The molecular formula is C12H24O2. The molecule has 1 N–H and O–H groups in total. The van der Waals surface area contributed by atoms with E-state index in [4.69, 9.17) is 4.74 Å². The molecule has 0 amide bonds. The lowest BCUT2D eigenvalue weighted by molar-refractivity contribution is 0.0788. The normalized spacial score (nSPS) is 22.5. The molecule has 0 aliphatic heterocycles. The summed E-state index contributed by atoms with van der Waals surface area (Å²) in [6, 6.07) is 0. The van der Waals surface area contributed by atoms with Gasteiger partial charge in [0.05, 0.1) is 6.10 Å². The third-order valence-electron chi connectivity index (χ3n) is 3.40. The fourth-order valence-electron chi connectivity index (χ4n) is 2.38. The zero-order valence-corrected chi connectivity index (χ0v) is 9.54. The summed E-state index contributed by atoms with van der Waals surface area (Å²) < 4.78 is 5.04. The Balaban J connectivity index is 2.14. The van der Waals surface area contributed by atoms with E-state index in [1.54, 1.807) is 7.11 Å². The molecule has 0 saturated heterocycles. The standard InChI is InChI=1S/C12H24O2/c1-10(7-8-14-2)9-12(13)11-5-3-4-6-11/h10-13H,3-9H2,1-2H3. The van der Waals surface area contributed by atoms with Crippen LogP contribution in [0.15, 0.2) is 0 Å². The molecule has 2 unspecified atom stereocenters. The van der Waals surface area contributed by atoms with Crippen LogP contribution < -0.4 is 0 Å². The predicted octanol–water partition coefficient (Wildman–Crippen LogP) is 2.60. The molecular weight excluding hydrogens is 176 g/mol. The van der Waals surface area contributed by atoms with Crippen LogP contribution in [0.1, 0.15) is 45.4 Å². The van der Waals surface area contributed by atoms with Gasteiger partial charge in [0.15, 0.2) is 0 Å². The highest BCUT2D eigenvalue weighted by Gasteiger charge is 2.24. The first-order chi connectivity index (χ1) is 6.74. The third kappa shape index (κ3) is 3.97. The highest BCUT2D eigenvalue weighted by Crippen LogP contribution is 2.30. The van der Waals surface area contributed by atoms with E-state index in [0.717, 1.165) is 19.4 Å². The summed E-state index contributed by atoms with van der Waals surface area (Å²) in [5.41, 5.74) is 0. The van der Waals surface area contributed by atoms with E-state index in [1.165, 1.54) is 25.7 Å². The first kappa shape index (κ1) is 12.0. The molecule has 14 heavy (non-hydrogen) atoms. The summed E-state index contributed by atoms with van der Waals surface area (Å²) in [5.74, 6) is 1.17. The van der Waals surface area contributed by atoms with E-state index < -0.39 is 0 Å². The fourth-order valence-corrected chi connectivity index (χ4v) is 2.38. The second-order valence-corrected chi connectivity index (χ2v) is 4.73. The van der Waals surface area contributed by atoms with E-state index in [2.05, 4.69) is 6.92 Å². The number of rotatable bonds is 6. The Kier molecular flexibility index (Phi) is 5.49. The van der Waals surface area contributed by atoms with Crippen LogP contribution in [0.4, 0.5) is 0 Å². The van der Waals surface area contributed by atoms with Gasteiger partial charge in [0, 0.05) is 13.7 Å². The van der Waals surface area contributed by atoms with Crippen molar-refractivity contribution in [1.29, 1.82) is 0 Å². The highest BCUT2D eigenvalue weighted by molar-refractivity contribution is 4.76. The minimum absolute atomic E-state index is 0.0654. The molecule has 2 atom stereocenters. The summed E-state index contributed by atoms with van der Waals surface area (Å²) in [6.07, 6.45) is 7.05. The van der Waals surface area contributed by atoms with E-state index >= 15 is 0 Å². The van der Waals surface area contributed by atoms with Crippen molar-refractivity contribution in [3.05, 3.63) is 0 Å². The Labute approximate surface area is 87.7 Å². The zero-order chi connectivity index (χ0) is 10.4. The Morgan fingerprint density at radius 1 is 1.36 bits per heavy atom. The average Bonchev–Trinajstić information content (AvgIpc) is 2.67. The van der Waals surface area contributed by atoms with Crippen LogP contribution in [-0.2, 0) is 4.74 Å². The molecule has 84 valence electrons. The molecule has 1 fully saturated rings. The lowest BCUT2D eigenvalue weighted by Crippen LogP contribution is -2.21. The van der Waals surface area contributed by atoms with Crippen molar-refractivity contribution in [1.82, 2.24) is 0 Å². The molecule has 0 aromatic carbocycles. The molecule has 2 heteroatoms. The van der Waals surface area contributed by atoms with Crippen molar-refractivity contribution in [2.24, 2.45) is 11.8 Å². The van der Waals surface area contributed by atoms with Crippen molar-refractivity contribution >= 4 is 0 Å². The number of aliphatic hydroxyl groups excluding tert-OH is 1. The first-order valence-corrected chi connectivity index (χ1v) is 5.91. The second-order valence-electron chi connectivity index (χ2n) is 4.73. The highest BCUT2D eigenvalue weighted by atomic mass is 16.5. The molecule has 0 aromatic rings. The molecule has 0 bridgehead atoms. The molecule has 1 aliphatic rings. The number of methoxy groups -OCH3 is 1. The van der Waals surface area contributed by atoms with Crippen molar-refractivity contribution in [3.63, 3.8) is 0 Å².